The molecule has 2 aromatic heterocycles. The first-order valence-electron chi connectivity index (χ1n) is 9.90. The number of nitrogens with zero attached hydrogens (tertiary/aromatic N) is 4. The summed E-state index contributed by atoms with van der Waals surface area (Å²) in [5.41, 5.74) is 7.08. The molecule has 3 aromatic rings. The number of benzene rings is 1. The van der Waals surface area contributed by atoms with Crippen LogP contribution in [0.15, 0.2) is 53.2 Å². The molecular formula is C22H21N5O5S. The molecule has 3 heterocycles. The molecule has 2 N–H and O–H groups in total. The molecule has 10 nitrogen and oxygen atoms in total. The van der Waals surface area contributed by atoms with E-state index in [9.17, 15) is 9.59 Å². The number of thiophene rings is 1. The number of amides is 1. The first kappa shape index (κ1) is 22.2. The van der Waals surface area contributed by atoms with Crippen molar-refractivity contribution in [3.63, 3.8) is 0 Å². The van der Waals surface area contributed by atoms with Crippen LogP contribution < -0.4 is 15.2 Å². The molecule has 33 heavy (non-hydrogen) atoms. The second kappa shape index (κ2) is 9.65. The van der Waals surface area contributed by atoms with Gasteiger partial charge in [0.15, 0.2) is 29.6 Å². The number of methoxy groups -OCH3 is 2. The van der Waals surface area contributed by atoms with Gasteiger partial charge in [-0.15, -0.1) is 11.3 Å². The highest BCUT2D eigenvalue weighted by molar-refractivity contribution is 7.12. The van der Waals surface area contributed by atoms with E-state index in [0.29, 0.717) is 17.9 Å². The van der Waals surface area contributed by atoms with Crippen LogP contribution in [0.25, 0.3) is 0 Å². The summed E-state index contributed by atoms with van der Waals surface area (Å²) in [5, 5.41) is 7.83. The van der Waals surface area contributed by atoms with Gasteiger partial charge in [0.25, 0.3) is 5.91 Å². The van der Waals surface area contributed by atoms with Crippen molar-refractivity contribution in [2.75, 3.05) is 26.6 Å². The maximum Gasteiger partial charge on any atom is 0.361 e. The quantitative estimate of drug-likeness (QED) is 0.525. The van der Waals surface area contributed by atoms with Gasteiger partial charge in [0.1, 0.15) is 0 Å². The number of hydrazone groups is 1. The fraction of sp³-hybridized carbons (Fsp3) is 0.227. The van der Waals surface area contributed by atoms with Crippen molar-refractivity contribution in [3.8, 4) is 11.5 Å². The number of hydrogen-bond acceptors (Lipinski definition) is 10. The SMILES string of the molecule is COc1ccc([C@H]2CC(c3cccs3)=NN2C(=O)COC(=O)c2nccnc2N)cc1OC. The average Bonchev–Trinajstić information content (AvgIpc) is 3.52. The zero-order valence-corrected chi connectivity index (χ0v) is 18.7. The maximum absolute atomic E-state index is 13.1. The molecular weight excluding hydrogens is 446 g/mol. The minimum absolute atomic E-state index is 0.0719. The van der Waals surface area contributed by atoms with Crippen LogP contribution in [0.4, 0.5) is 5.82 Å². The van der Waals surface area contributed by atoms with Gasteiger partial charge in [-0.25, -0.2) is 19.8 Å². The molecule has 0 saturated carbocycles. The number of esters is 1. The van der Waals surface area contributed by atoms with Gasteiger partial charge in [-0.05, 0) is 29.1 Å². The van der Waals surface area contributed by atoms with Crippen molar-refractivity contribution >= 4 is 34.7 Å². The number of hydrogen-bond donors (Lipinski definition) is 1. The molecule has 1 amide bonds. The van der Waals surface area contributed by atoms with Crippen molar-refractivity contribution in [2.45, 2.75) is 12.5 Å². The molecule has 11 heteroatoms. The molecule has 4 rings (SSSR count). The van der Waals surface area contributed by atoms with Crippen LogP contribution >= 0.6 is 11.3 Å². The van der Waals surface area contributed by atoms with E-state index in [1.807, 2.05) is 29.6 Å². The minimum atomic E-state index is -0.835. The summed E-state index contributed by atoms with van der Waals surface area (Å²) in [7, 11) is 3.10. The second-order valence-electron chi connectivity index (χ2n) is 6.96. The lowest BCUT2D eigenvalue weighted by molar-refractivity contribution is -0.136. The second-order valence-corrected chi connectivity index (χ2v) is 7.91. The predicted octanol–water partition coefficient (Wildman–Crippen LogP) is 2.67. The van der Waals surface area contributed by atoms with E-state index in [2.05, 4.69) is 15.1 Å². The largest absolute Gasteiger partial charge is 0.493 e. The molecule has 0 saturated heterocycles. The van der Waals surface area contributed by atoms with Gasteiger partial charge < -0.3 is 19.9 Å². The van der Waals surface area contributed by atoms with Gasteiger partial charge in [-0.3, -0.25) is 4.79 Å². The fourth-order valence-corrected chi connectivity index (χ4v) is 4.14. The number of nitrogens with two attached hydrogens (primary N) is 1. The van der Waals surface area contributed by atoms with Crippen molar-refractivity contribution < 1.29 is 23.8 Å². The van der Waals surface area contributed by atoms with Crippen LogP contribution in [0.3, 0.4) is 0 Å². The molecule has 0 radical (unpaired) electrons. The van der Waals surface area contributed by atoms with Crippen LogP contribution in [0.1, 0.15) is 33.4 Å². The summed E-state index contributed by atoms with van der Waals surface area (Å²) in [5.74, 6) is -0.281. The Morgan fingerprint density at radius 1 is 1.15 bits per heavy atom. The zero-order chi connectivity index (χ0) is 23.4. The Morgan fingerprint density at radius 2 is 1.94 bits per heavy atom. The number of aromatic nitrogens is 2. The molecule has 170 valence electrons. The van der Waals surface area contributed by atoms with Crippen molar-refractivity contribution in [3.05, 3.63) is 64.2 Å². The lowest BCUT2D eigenvalue weighted by Crippen LogP contribution is -2.31. The smallest absolute Gasteiger partial charge is 0.361 e. The third-order valence-corrected chi connectivity index (χ3v) is 5.93. The number of rotatable bonds is 7. The van der Waals surface area contributed by atoms with Gasteiger partial charge in [0.2, 0.25) is 0 Å². The third-order valence-electron chi connectivity index (χ3n) is 5.01. The average molecular weight is 468 g/mol. The summed E-state index contributed by atoms with van der Waals surface area (Å²) < 4.78 is 15.9. The zero-order valence-electron chi connectivity index (χ0n) is 17.9. The van der Waals surface area contributed by atoms with E-state index in [-0.39, 0.29) is 11.5 Å². The summed E-state index contributed by atoms with van der Waals surface area (Å²) in [6.45, 7) is -0.528. The maximum atomic E-state index is 13.1. The molecule has 0 bridgehead atoms. The van der Waals surface area contributed by atoms with Crippen LogP contribution in [-0.4, -0.2) is 53.4 Å². The minimum Gasteiger partial charge on any atom is -0.493 e. The van der Waals surface area contributed by atoms with Gasteiger partial charge in [0, 0.05) is 18.8 Å². The van der Waals surface area contributed by atoms with Gasteiger partial charge in [-0.2, -0.15) is 5.10 Å². The summed E-state index contributed by atoms with van der Waals surface area (Å²) in [4.78, 5) is 34.0. The molecule has 0 aliphatic carbocycles. The molecule has 0 spiro atoms. The topological polar surface area (TPSA) is 129 Å². The lowest BCUT2D eigenvalue weighted by atomic mass is 10.0. The summed E-state index contributed by atoms with van der Waals surface area (Å²) in [6, 6.07) is 8.89. The number of ether oxygens (including phenoxy) is 3. The number of anilines is 1. The number of nitrogen functional groups attached to an aromatic ring is 1. The van der Waals surface area contributed by atoms with Crippen LogP contribution in [0.2, 0.25) is 0 Å². The van der Waals surface area contributed by atoms with Crippen molar-refractivity contribution in [1.82, 2.24) is 15.0 Å². The fourth-order valence-electron chi connectivity index (χ4n) is 3.42. The predicted molar refractivity (Wildman–Crippen MR) is 121 cm³/mol. The Hall–Kier alpha value is -3.99. The van der Waals surface area contributed by atoms with Gasteiger partial charge in [0.05, 0.1) is 30.9 Å². The molecule has 0 fully saturated rings. The van der Waals surface area contributed by atoms with Gasteiger partial charge >= 0.3 is 5.97 Å². The van der Waals surface area contributed by atoms with Crippen molar-refractivity contribution in [2.24, 2.45) is 5.10 Å². The number of carbonyl (C=O) groups excluding carboxylic acids is 2. The molecule has 1 aromatic carbocycles. The standard InChI is InChI=1S/C22H21N5O5S/c1-30-16-6-5-13(10-17(16)31-2)15-11-14(18-4-3-9-33-18)26-27(15)19(28)12-32-22(29)20-21(23)25-8-7-24-20/h3-10,15H,11-12H2,1-2H3,(H2,23,25)/t15-/m1/s1. The van der Waals surface area contributed by atoms with E-state index < -0.39 is 24.5 Å². The van der Waals surface area contributed by atoms with E-state index in [1.165, 1.54) is 28.7 Å². The van der Waals surface area contributed by atoms with E-state index in [4.69, 9.17) is 19.9 Å². The van der Waals surface area contributed by atoms with Crippen LogP contribution in [-0.2, 0) is 9.53 Å². The molecule has 1 aliphatic heterocycles. The highest BCUT2D eigenvalue weighted by Crippen LogP contribution is 2.37. The summed E-state index contributed by atoms with van der Waals surface area (Å²) >= 11 is 1.53. The first-order chi connectivity index (χ1) is 16.0. The highest BCUT2D eigenvalue weighted by atomic mass is 32.1. The first-order valence-corrected chi connectivity index (χ1v) is 10.8. The Kier molecular flexibility index (Phi) is 6.50. The number of carbonyl (C=O) groups is 2. The Labute approximate surface area is 193 Å². The van der Waals surface area contributed by atoms with Crippen LogP contribution in [0, 0.1) is 0 Å². The molecule has 1 atom stereocenters. The Bertz CT molecular complexity index is 1200. The lowest BCUT2D eigenvalue weighted by Gasteiger charge is -2.22. The monoisotopic (exact) mass is 467 g/mol. The highest BCUT2D eigenvalue weighted by Gasteiger charge is 2.34. The van der Waals surface area contributed by atoms with Crippen LogP contribution in [0.5, 0.6) is 11.5 Å². The Balaban J connectivity index is 1.57. The molecule has 1 aliphatic rings. The van der Waals surface area contributed by atoms with E-state index in [0.717, 1.165) is 16.2 Å². The third kappa shape index (κ3) is 4.62. The van der Waals surface area contributed by atoms with E-state index >= 15 is 0 Å². The normalized spacial score (nSPS) is 15.2. The summed E-state index contributed by atoms with van der Waals surface area (Å²) in [6.07, 6.45) is 3.17. The van der Waals surface area contributed by atoms with Crippen molar-refractivity contribution in [1.29, 1.82) is 0 Å². The Morgan fingerprint density at radius 3 is 2.64 bits per heavy atom. The van der Waals surface area contributed by atoms with E-state index in [1.54, 1.807) is 20.3 Å². The van der Waals surface area contributed by atoms with Gasteiger partial charge in [-0.1, -0.05) is 12.1 Å². The molecule has 0 unspecified atom stereocenters.